The minimum absolute atomic E-state index is 0.0118. The summed E-state index contributed by atoms with van der Waals surface area (Å²) in [6.45, 7) is 5.26. The van der Waals surface area contributed by atoms with E-state index in [1.165, 1.54) is 0 Å². The number of carbonyl (C=O) groups is 1. The van der Waals surface area contributed by atoms with Crippen molar-refractivity contribution in [3.05, 3.63) is 29.8 Å². The molecule has 1 aromatic rings. The zero-order valence-electron chi connectivity index (χ0n) is 11.7. The van der Waals surface area contributed by atoms with Crippen molar-refractivity contribution in [2.24, 2.45) is 0 Å². The summed E-state index contributed by atoms with van der Waals surface area (Å²) in [6, 6.07) is 7.57. The Morgan fingerprint density at radius 2 is 2.11 bits per heavy atom. The maximum Gasteiger partial charge on any atom is 0.315 e. The minimum atomic E-state index is -0.210. The lowest BCUT2D eigenvalue weighted by atomic mass is 10.2. The van der Waals surface area contributed by atoms with Gasteiger partial charge in [-0.25, -0.2) is 4.79 Å². The lowest BCUT2D eigenvalue weighted by molar-refractivity contribution is 0.170. The van der Waals surface area contributed by atoms with Crippen LogP contribution in [0.2, 0.25) is 0 Å². The highest BCUT2D eigenvalue weighted by atomic mass is 16.5. The average Bonchev–Trinajstić information content (AvgIpc) is 2.36. The van der Waals surface area contributed by atoms with Gasteiger partial charge in [-0.05, 0) is 25.5 Å². The van der Waals surface area contributed by atoms with Gasteiger partial charge >= 0.3 is 6.03 Å². The third-order valence-corrected chi connectivity index (χ3v) is 2.53. The molecule has 0 aliphatic rings. The van der Waals surface area contributed by atoms with Crippen molar-refractivity contribution in [3.8, 4) is 5.75 Å². The van der Waals surface area contributed by atoms with E-state index in [0.29, 0.717) is 19.8 Å². The number of amides is 2. The first-order valence-electron chi connectivity index (χ1n) is 6.35. The standard InChI is InChI=1S/C14H22N2O3/c1-11-6-4-5-7-13(11)19-9-8-15-14(17)16-12(2)10-18-3/h4-7,12H,8-10H2,1-3H3,(H2,15,16,17). The summed E-state index contributed by atoms with van der Waals surface area (Å²) in [5.41, 5.74) is 1.08. The third-order valence-electron chi connectivity index (χ3n) is 2.53. The van der Waals surface area contributed by atoms with Crippen LogP contribution in [0.4, 0.5) is 4.79 Å². The number of urea groups is 1. The summed E-state index contributed by atoms with van der Waals surface area (Å²) in [4.78, 5) is 11.5. The molecule has 2 N–H and O–H groups in total. The normalized spacial score (nSPS) is 11.7. The van der Waals surface area contributed by atoms with Gasteiger partial charge in [-0.1, -0.05) is 18.2 Å². The molecular weight excluding hydrogens is 244 g/mol. The number of hydrogen-bond acceptors (Lipinski definition) is 3. The molecule has 1 aromatic carbocycles. The highest BCUT2D eigenvalue weighted by Crippen LogP contribution is 2.15. The Bertz CT molecular complexity index is 396. The van der Waals surface area contributed by atoms with Gasteiger partial charge in [0.2, 0.25) is 0 Å². The van der Waals surface area contributed by atoms with Crippen molar-refractivity contribution >= 4 is 6.03 Å². The Labute approximate surface area is 114 Å². The molecule has 19 heavy (non-hydrogen) atoms. The molecule has 106 valence electrons. The van der Waals surface area contributed by atoms with Crippen molar-refractivity contribution < 1.29 is 14.3 Å². The Balaban J connectivity index is 2.17. The number of para-hydroxylation sites is 1. The van der Waals surface area contributed by atoms with Crippen molar-refractivity contribution in [1.82, 2.24) is 10.6 Å². The van der Waals surface area contributed by atoms with Crippen molar-refractivity contribution in [3.63, 3.8) is 0 Å². The first-order valence-corrected chi connectivity index (χ1v) is 6.35. The Hall–Kier alpha value is -1.75. The van der Waals surface area contributed by atoms with E-state index in [9.17, 15) is 4.79 Å². The smallest absolute Gasteiger partial charge is 0.315 e. The number of nitrogens with one attached hydrogen (secondary N) is 2. The number of aryl methyl sites for hydroxylation is 1. The molecule has 0 heterocycles. The van der Waals surface area contributed by atoms with E-state index in [1.807, 2.05) is 38.1 Å². The zero-order valence-corrected chi connectivity index (χ0v) is 11.7. The molecular formula is C14H22N2O3. The highest BCUT2D eigenvalue weighted by Gasteiger charge is 2.05. The monoisotopic (exact) mass is 266 g/mol. The van der Waals surface area contributed by atoms with Crippen LogP contribution in [0.25, 0.3) is 0 Å². The number of ether oxygens (including phenoxy) is 2. The molecule has 0 saturated carbocycles. The quantitative estimate of drug-likeness (QED) is 0.739. The van der Waals surface area contributed by atoms with Gasteiger partial charge < -0.3 is 20.1 Å². The fourth-order valence-electron chi connectivity index (χ4n) is 1.61. The Morgan fingerprint density at radius 1 is 1.37 bits per heavy atom. The van der Waals surface area contributed by atoms with E-state index in [1.54, 1.807) is 7.11 Å². The predicted octanol–water partition coefficient (Wildman–Crippen LogP) is 1.71. The summed E-state index contributed by atoms with van der Waals surface area (Å²) in [6.07, 6.45) is 0. The van der Waals surface area contributed by atoms with Crippen LogP contribution < -0.4 is 15.4 Å². The lowest BCUT2D eigenvalue weighted by Gasteiger charge is -2.14. The zero-order chi connectivity index (χ0) is 14.1. The van der Waals surface area contributed by atoms with Gasteiger partial charge in [0.15, 0.2) is 0 Å². The minimum Gasteiger partial charge on any atom is -0.491 e. The van der Waals surface area contributed by atoms with Crippen LogP contribution in [0.5, 0.6) is 5.75 Å². The van der Waals surface area contributed by atoms with Crippen LogP contribution in [0.3, 0.4) is 0 Å². The SMILES string of the molecule is COCC(C)NC(=O)NCCOc1ccccc1C. The Morgan fingerprint density at radius 3 is 2.79 bits per heavy atom. The van der Waals surface area contributed by atoms with E-state index in [2.05, 4.69) is 10.6 Å². The maximum absolute atomic E-state index is 11.5. The number of methoxy groups -OCH3 is 1. The van der Waals surface area contributed by atoms with Crippen molar-refractivity contribution in [1.29, 1.82) is 0 Å². The summed E-state index contributed by atoms with van der Waals surface area (Å²) in [7, 11) is 1.60. The van der Waals surface area contributed by atoms with E-state index < -0.39 is 0 Å². The topological polar surface area (TPSA) is 59.6 Å². The molecule has 0 aliphatic carbocycles. The first-order chi connectivity index (χ1) is 9.13. The molecule has 1 atom stereocenters. The van der Waals surface area contributed by atoms with Crippen LogP contribution in [0.15, 0.2) is 24.3 Å². The Kier molecular flexibility index (Phi) is 6.74. The van der Waals surface area contributed by atoms with E-state index in [0.717, 1.165) is 11.3 Å². The number of hydrogen-bond donors (Lipinski definition) is 2. The second-order valence-corrected chi connectivity index (χ2v) is 4.37. The summed E-state index contributed by atoms with van der Waals surface area (Å²) in [5.74, 6) is 0.845. The number of benzene rings is 1. The van der Waals surface area contributed by atoms with Crippen LogP contribution in [-0.2, 0) is 4.74 Å². The maximum atomic E-state index is 11.5. The van der Waals surface area contributed by atoms with Gasteiger partial charge in [0.05, 0.1) is 19.2 Å². The summed E-state index contributed by atoms with van der Waals surface area (Å²) < 4.78 is 10.5. The molecule has 2 amide bonds. The van der Waals surface area contributed by atoms with Gasteiger partial charge in [-0.3, -0.25) is 0 Å². The molecule has 0 fully saturated rings. The van der Waals surface area contributed by atoms with Gasteiger partial charge in [0.1, 0.15) is 12.4 Å². The second-order valence-electron chi connectivity index (χ2n) is 4.37. The molecule has 5 heteroatoms. The molecule has 0 aliphatic heterocycles. The third kappa shape index (κ3) is 6.10. The fourth-order valence-corrected chi connectivity index (χ4v) is 1.61. The van der Waals surface area contributed by atoms with Crippen molar-refractivity contribution in [2.45, 2.75) is 19.9 Å². The van der Waals surface area contributed by atoms with Crippen molar-refractivity contribution in [2.75, 3.05) is 26.9 Å². The molecule has 0 spiro atoms. The highest BCUT2D eigenvalue weighted by molar-refractivity contribution is 5.74. The van der Waals surface area contributed by atoms with Gasteiger partial charge in [-0.2, -0.15) is 0 Å². The number of carbonyl (C=O) groups excluding carboxylic acids is 1. The molecule has 0 aromatic heterocycles. The predicted molar refractivity (Wildman–Crippen MR) is 74.5 cm³/mol. The van der Waals surface area contributed by atoms with Crippen LogP contribution in [0.1, 0.15) is 12.5 Å². The lowest BCUT2D eigenvalue weighted by Crippen LogP contribution is -2.43. The molecule has 1 unspecified atom stereocenters. The molecule has 5 nitrogen and oxygen atoms in total. The fraction of sp³-hybridized carbons (Fsp3) is 0.500. The van der Waals surface area contributed by atoms with Crippen LogP contribution >= 0.6 is 0 Å². The average molecular weight is 266 g/mol. The van der Waals surface area contributed by atoms with Gasteiger partial charge in [0, 0.05) is 7.11 Å². The number of rotatable bonds is 7. The van der Waals surface area contributed by atoms with Crippen LogP contribution in [0, 0.1) is 6.92 Å². The largest absolute Gasteiger partial charge is 0.491 e. The van der Waals surface area contributed by atoms with Gasteiger partial charge in [0.25, 0.3) is 0 Å². The molecule has 1 rings (SSSR count). The van der Waals surface area contributed by atoms with Crippen LogP contribution in [-0.4, -0.2) is 38.9 Å². The van der Waals surface area contributed by atoms with E-state index >= 15 is 0 Å². The second kappa shape index (κ2) is 8.37. The molecule has 0 radical (unpaired) electrons. The van der Waals surface area contributed by atoms with E-state index in [-0.39, 0.29) is 12.1 Å². The summed E-state index contributed by atoms with van der Waals surface area (Å²) in [5, 5.41) is 5.49. The van der Waals surface area contributed by atoms with E-state index in [4.69, 9.17) is 9.47 Å². The molecule has 0 saturated heterocycles. The molecule has 0 bridgehead atoms. The summed E-state index contributed by atoms with van der Waals surface area (Å²) >= 11 is 0. The first kappa shape index (κ1) is 15.3. The van der Waals surface area contributed by atoms with Gasteiger partial charge in [-0.15, -0.1) is 0 Å².